The number of amides is 2. The second-order valence-electron chi connectivity index (χ2n) is 8.80. The lowest BCUT2D eigenvalue weighted by atomic mass is 9.92. The summed E-state index contributed by atoms with van der Waals surface area (Å²) in [5.74, 6) is 1.02. The minimum Gasteiger partial charge on any atom is -0.496 e. The molecule has 1 saturated carbocycles. The van der Waals surface area contributed by atoms with Crippen molar-refractivity contribution < 1.29 is 19.1 Å². The maximum atomic E-state index is 13.3. The van der Waals surface area contributed by atoms with Crippen molar-refractivity contribution in [3.8, 4) is 22.6 Å². The summed E-state index contributed by atoms with van der Waals surface area (Å²) in [6.07, 6.45) is 2.20. The second kappa shape index (κ2) is 9.25. The number of benzene rings is 3. The number of aliphatic imine (C=N–C) groups is 1. The van der Waals surface area contributed by atoms with Gasteiger partial charge in [0.2, 0.25) is 11.8 Å². The topological polar surface area (TPSA) is 94.2 Å². The first-order valence-corrected chi connectivity index (χ1v) is 11.6. The van der Waals surface area contributed by atoms with E-state index < -0.39 is 5.91 Å². The maximum Gasteiger partial charge on any atom is 0.248 e. The van der Waals surface area contributed by atoms with Crippen molar-refractivity contribution in [2.45, 2.75) is 12.8 Å². The fourth-order valence-corrected chi connectivity index (χ4v) is 4.57. The number of benzodiazepines with no additional fused rings is 1. The number of rotatable bonds is 7. The normalized spacial score (nSPS) is 15.2. The van der Waals surface area contributed by atoms with Crippen LogP contribution in [-0.2, 0) is 4.79 Å². The Labute approximate surface area is 204 Å². The number of carbonyl (C=O) groups is 2. The summed E-state index contributed by atoms with van der Waals surface area (Å²) in [4.78, 5) is 31.8. The zero-order valence-corrected chi connectivity index (χ0v) is 19.8. The minimum atomic E-state index is -0.528. The molecule has 2 amide bonds. The minimum absolute atomic E-state index is 0.0102. The Morgan fingerprint density at radius 3 is 2.40 bits per heavy atom. The van der Waals surface area contributed by atoms with Gasteiger partial charge in [0.05, 0.1) is 36.7 Å². The zero-order chi connectivity index (χ0) is 24.5. The number of hydrogen-bond donors (Lipinski definition) is 1. The number of nitrogens with zero attached hydrogens (tertiary/aromatic N) is 2. The van der Waals surface area contributed by atoms with Crippen molar-refractivity contribution in [3.05, 3.63) is 77.4 Å². The molecule has 0 saturated heterocycles. The second-order valence-corrected chi connectivity index (χ2v) is 8.80. The standard InChI is InChI=1S/C28H27N3O4/c1-34-22-14-21-25(27(35-2)24(22)18-7-4-3-5-8-18)26(19-9-6-10-20(13-19)28(29)33)30-15-23(32)31(21)16-17-11-12-17/h3-10,13-14,17H,11-12,15-16H2,1-2H3,(H2,29,33). The lowest BCUT2D eigenvalue weighted by Gasteiger charge is -2.27. The number of ether oxygens (including phenoxy) is 2. The molecule has 1 aliphatic carbocycles. The summed E-state index contributed by atoms with van der Waals surface area (Å²) in [6.45, 7) is 0.608. The number of fused-ring (bicyclic) bond motifs is 1. The zero-order valence-electron chi connectivity index (χ0n) is 19.8. The molecule has 35 heavy (non-hydrogen) atoms. The fourth-order valence-electron chi connectivity index (χ4n) is 4.57. The number of hydrogen-bond acceptors (Lipinski definition) is 5. The predicted octanol–water partition coefficient (Wildman–Crippen LogP) is 4.06. The van der Waals surface area contributed by atoms with Crippen LogP contribution in [-0.4, -0.2) is 44.8 Å². The Morgan fingerprint density at radius 2 is 1.74 bits per heavy atom. The molecule has 5 rings (SSSR count). The first kappa shape index (κ1) is 22.7. The molecule has 1 aliphatic heterocycles. The Kier molecular flexibility index (Phi) is 5.99. The average Bonchev–Trinajstić information content (AvgIpc) is 3.72. The molecule has 3 aromatic carbocycles. The van der Waals surface area contributed by atoms with E-state index in [9.17, 15) is 9.59 Å². The van der Waals surface area contributed by atoms with Gasteiger partial charge < -0.3 is 20.1 Å². The van der Waals surface area contributed by atoms with E-state index in [0.717, 1.165) is 24.0 Å². The first-order valence-electron chi connectivity index (χ1n) is 11.6. The van der Waals surface area contributed by atoms with Gasteiger partial charge in [0.15, 0.2) is 0 Å². The third kappa shape index (κ3) is 4.25. The largest absolute Gasteiger partial charge is 0.496 e. The number of carbonyl (C=O) groups excluding carboxylic acids is 2. The molecule has 0 aromatic heterocycles. The van der Waals surface area contributed by atoms with E-state index in [1.807, 2.05) is 42.5 Å². The van der Waals surface area contributed by atoms with E-state index >= 15 is 0 Å². The van der Waals surface area contributed by atoms with Gasteiger partial charge in [-0.25, -0.2) is 0 Å². The van der Waals surface area contributed by atoms with Gasteiger partial charge in [-0.2, -0.15) is 0 Å². The van der Waals surface area contributed by atoms with Crippen LogP contribution in [0.3, 0.4) is 0 Å². The molecular formula is C28H27N3O4. The van der Waals surface area contributed by atoms with Crippen LogP contribution in [0.15, 0.2) is 65.7 Å². The summed E-state index contributed by atoms with van der Waals surface area (Å²) >= 11 is 0. The SMILES string of the molecule is COc1cc2c(c(OC)c1-c1ccccc1)C(c1cccc(C(N)=O)c1)=NCC(=O)N2CC1CC1. The van der Waals surface area contributed by atoms with Gasteiger partial charge >= 0.3 is 0 Å². The van der Waals surface area contributed by atoms with E-state index in [1.165, 1.54) is 0 Å². The molecule has 0 bridgehead atoms. The van der Waals surface area contributed by atoms with Crippen molar-refractivity contribution >= 4 is 23.2 Å². The average molecular weight is 470 g/mol. The molecule has 0 atom stereocenters. The van der Waals surface area contributed by atoms with Crippen LogP contribution in [0.25, 0.3) is 11.1 Å². The van der Waals surface area contributed by atoms with E-state index in [2.05, 4.69) is 0 Å². The summed E-state index contributed by atoms with van der Waals surface area (Å²) < 4.78 is 11.9. The van der Waals surface area contributed by atoms with Crippen LogP contribution in [0.2, 0.25) is 0 Å². The van der Waals surface area contributed by atoms with Crippen molar-refractivity contribution in [3.63, 3.8) is 0 Å². The van der Waals surface area contributed by atoms with Gasteiger partial charge in [-0.05, 0) is 36.5 Å². The van der Waals surface area contributed by atoms with Crippen molar-refractivity contribution in [1.29, 1.82) is 0 Å². The van der Waals surface area contributed by atoms with Crippen LogP contribution in [0.5, 0.6) is 11.5 Å². The summed E-state index contributed by atoms with van der Waals surface area (Å²) in [6, 6.07) is 18.7. The highest BCUT2D eigenvalue weighted by molar-refractivity contribution is 6.22. The number of methoxy groups -OCH3 is 2. The maximum absolute atomic E-state index is 13.3. The van der Waals surface area contributed by atoms with Crippen molar-refractivity contribution in [1.82, 2.24) is 0 Å². The van der Waals surface area contributed by atoms with Crippen molar-refractivity contribution in [2.24, 2.45) is 16.6 Å². The van der Waals surface area contributed by atoms with Crippen LogP contribution >= 0.6 is 0 Å². The molecular weight excluding hydrogens is 442 g/mol. The Balaban J connectivity index is 1.82. The highest BCUT2D eigenvalue weighted by atomic mass is 16.5. The Morgan fingerprint density at radius 1 is 1.00 bits per heavy atom. The summed E-state index contributed by atoms with van der Waals surface area (Å²) in [5.41, 5.74) is 10.3. The Hall–Kier alpha value is -4.13. The molecule has 2 aliphatic rings. The van der Waals surface area contributed by atoms with E-state index in [0.29, 0.717) is 52.1 Å². The van der Waals surface area contributed by atoms with Gasteiger partial charge in [-0.15, -0.1) is 0 Å². The third-order valence-electron chi connectivity index (χ3n) is 6.47. The molecule has 2 N–H and O–H groups in total. The van der Waals surface area contributed by atoms with Gasteiger partial charge in [-0.3, -0.25) is 14.6 Å². The molecule has 1 fully saturated rings. The molecule has 7 nitrogen and oxygen atoms in total. The summed E-state index contributed by atoms with van der Waals surface area (Å²) in [7, 11) is 3.22. The molecule has 0 spiro atoms. The van der Waals surface area contributed by atoms with Gasteiger partial charge in [0.1, 0.15) is 18.0 Å². The molecule has 7 heteroatoms. The first-order chi connectivity index (χ1) is 17.0. The van der Waals surface area contributed by atoms with E-state index in [-0.39, 0.29) is 12.5 Å². The third-order valence-corrected chi connectivity index (χ3v) is 6.47. The predicted molar refractivity (Wildman–Crippen MR) is 136 cm³/mol. The highest BCUT2D eigenvalue weighted by Crippen LogP contribution is 2.48. The number of primary amides is 1. The number of nitrogens with two attached hydrogens (primary N) is 1. The fraction of sp³-hybridized carbons (Fsp3) is 0.250. The van der Waals surface area contributed by atoms with E-state index in [4.69, 9.17) is 20.2 Å². The quantitative estimate of drug-likeness (QED) is 0.565. The lowest BCUT2D eigenvalue weighted by Crippen LogP contribution is -2.34. The Bertz CT molecular complexity index is 1330. The van der Waals surface area contributed by atoms with Crippen molar-refractivity contribution in [2.75, 3.05) is 32.2 Å². The monoisotopic (exact) mass is 469 g/mol. The van der Waals surface area contributed by atoms with E-state index in [1.54, 1.807) is 37.3 Å². The molecule has 0 unspecified atom stereocenters. The highest BCUT2D eigenvalue weighted by Gasteiger charge is 2.35. The van der Waals surface area contributed by atoms with Gasteiger partial charge in [-0.1, -0.05) is 42.5 Å². The van der Waals surface area contributed by atoms with Gasteiger partial charge in [0, 0.05) is 23.7 Å². The molecule has 0 radical (unpaired) electrons. The van der Waals surface area contributed by atoms with Crippen LogP contribution < -0.4 is 20.1 Å². The van der Waals surface area contributed by atoms with Gasteiger partial charge in [0.25, 0.3) is 0 Å². The van der Waals surface area contributed by atoms with Crippen LogP contribution in [0.4, 0.5) is 5.69 Å². The molecule has 1 heterocycles. The molecule has 3 aromatic rings. The smallest absolute Gasteiger partial charge is 0.248 e. The summed E-state index contributed by atoms with van der Waals surface area (Å²) in [5, 5.41) is 0. The lowest BCUT2D eigenvalue weighted by molar-refractivity contribution is -0.117. The van der Waals surface area contributed by atoms with Crippen LogP contribution in [0.1, 0.15) is 34.3 Å². The number of anilines is 1. The molecule has 178 valence electrons. The van der Waals surface area contributed by atoms with Crippen LogP contribution in [0, 0.1) is 5.92 Å².